The van der Waals surface area contributed by atoms with Crippen LogP contribution in [0.4, 0.5) is 0 Å². The summed E-state index contributed by atoms with van der Waals surface area (Å²) in [6.07, 6.45) is 7.96. The normalized spacial score (nSPS) is 20.5. The Morgan fingerprint density at radius 1 is 1.32 bits per heavy atom. The number of aromatic nitrogens is 2. The summed E-state index contributed by atoms with van der Waals surface area (Å²) in [5.74, 6) is 0.197. The van der Waals surface area contributed by atoms with Gasteiger partial charge in [0.1, 0.15) is 0 Å². The topological polar surface area (TPSA) is 66.4 Å². The quantitative estimate of drug-likeness (QED) is 0.788. The zero-order chi connectivity index (χ0) is 15.6. The SMILES string of the molecule is C=CCN1C(=O)CCC12CCN(C(=O)c1ccnnc1)CC2. The molecule has 0 saturated carbocycles. The molecule has 1 spiro atoms. The highest BCUT2D eigenvalue weighted by atomic mass is 16.2. The summed E-state index contributed by atoms with van der Waals surface area (Å²) < 4.78 is 0. The summed E-state index contributed by atoms with van der Waals surface area (Å²) in [6.45, 7) is 5.68. The lowest BCUT2D eigenvalue weighted by molar-refractivity contribution is -0.131. The van der Waals surface area contributed by atoms with Crippen LogP contribution in [0.1, 0.15) is 36.0 Å². The Kier molecular flexibility index (Phi) is 3.92. The molecule has 22 heavy (non-hydrogen) atoms. The van der Waals surface area contributed by atoms with E-state index in [2.05, 4.69) is 16.8 Å². The first-order valence-corrected chi connectivity index (χ1v) is 7.64. The van der Waals surface area contributed by atoms with Crippen molar-refractivity contribution in [3.63, 3.8) is 0 Å². The fraction of sp³-hybridized carbons (Fsp3) is 0.500. The van der Waals surface area contributed by atoms with E-state index in [0.717, 1.165) is 19.3 Å². The zero-order valence-corrected chi connectivity index (χ0v) is 12.6. The van der Waals surface area contributed by atoms with Gasteiger partial charge in [-0.15, -0.1) is 6.58 Å². The van der Waals surface area contributed by atoms with Crippen LogP contribution in [0, 0.1) is 0 Å². The molecule has 0 aromatic carbocycles. The van der Waals surface area contributed by atoms with Crippen molar-refractivity contribution < 1.29 is 9.59 Å². The van der Waals surface area contributed by atoms with E-state index in [9.17, 15) is 9.59 Å². The third-order valence-electron chi connectivity index (χ3n) is 4.80. The second-order valence-corrected chi connectivity index (χ2v) is 5.94. The van der Waals surface area contributed by atoms with Gasteiger partial charge in [0.05, 0.1) is 18.0 Å². The lowest BCUT2D eigenvalue weighted by Gasteiger charge is -2.44. The first-order chi connectivity index (χ1) is 10.7. The third-order valence-corrected chi connectivity index (χ3v) is 4.80. The molecule has 0 bridgehead atoms. The number of amides is 2. The maximum atomic E-state index is 12.4. The minimum atomic E-state index is -0.0848. The first kappa shape index (κ1) is 14.7. The number of hydrogen-bond donors (Lipinski definition) is 0. The Balaban J connectivity index is 1.69. The molecular weight excluding hydrogens is 280 g/mol. The van der Waals surface area contributed by atoms with Gasteiger partial charge in [-0.1, -0.05) is 6.08 Å². The molecule has 1 aromatic heterocycles. The van der Waals surface area contributed by atoms with Crippen LogP contribution in [0.5, 0.6) is 0 Å². The molecule has 3 heterocycles. The van der Waals surface area contributed by atoms with Gasteiger partial charge in [-0.05, 0) is 25.3 Å². The van der Waals surface area contributed by atoms with Crippen LogP contribution < -0.4 is 0 Å². The van der Waals surface area contributed by atoms with Crippen LogP contribution in [-0.4, -0.2) is 57.0 Å². The molecule has 0 unspecified atom stereocenters. The maximum Gasteiger partial charge on any atom is 0.255 e. The molecule has 2 aliphatic heterocycles. The molecule has 6 heteroatoms. The zero-order valence-electron chi connectivity index (χ0n) is 12.6. The second-order valence-electron chi connectivity index (χ2n) is 5.94. The summed E-state index contributed by atoms with van der Waals surface area (Å²) >= 11 is 0. The van der Waals surface area contributed by atoms with E-state index in [0.29, 0.717) is 31.6 Å². The number of likely N-dealkylation sites (tertiary alicyclic amines) is 2. The van der Waals surface area contributed by atoms with E-state index in [1.54, 1.807) is 12.1 Å². The monoisotopic (exact) mass is 300 g/mol. The average Bonchev–Trinajstić information content (AvgIpc) is 2.86. The molecule has 0 aliphatic carbocycles. The Bertz CT molecular complexity index is 579. The predicted octanol–water partition coefficient (Wildman–Crippen LogP) is 1.26. The molecule has 2 fully saturated rings. The van der Waals surface area contributed by atoms with E-state index in [-0.39, 0.29) is 17.4 Å². The third kappa shape index (κ3) is 2.49. The van der Waals surface area contributed by atoms with Crippen molar-refractivity contribution in [2.75, 3.05) is 19.6 Å². The summed E-state index contributed by atoms with van der Waals surface area (Å²) in [5.41, 5.74) is 0.481. The van der Waals surface area contributed by atoms with Crippen LogP contribution in [0.25, 0.3) is 0 Å². The number of carbonyl (C=O) groups excluding carboxylic acids is 2. The van der Waals surface area contributed by atoms with Gasteiger partial charge >= 0.3 is 0 Å². The first-order valence-electron chi connectivity index (χ1n) is 7.64. The molecule has 0 N–H and O–H groups in total. The van der Waals surface area contributed by atoms with Crippen molar-refractivity contribution in [1.82, 2.24) is 20.0 Å². The van der Waals surface area contributed by atoms with Crippen LogP contribution >= 0.6 is 0 Å². The predicted molar refractivity (Wildman–Crippen MR) is 81.0 cm³/mol. The minimum absolute atomic E-state index is 0.00987. The van der Waals surface area contributed by atoms with Gasteiger partial charge in [0.15, 0.2) is 0 Å². The van der Waals surface area contributed by atoms with Gasteiger partial charge < -0.3 is 9.80 Å². The molecule has 6 nitrogen and oxygen atoms in total. The van der Waals surface area contributed by atoms with Crippen LogP contribution in [0.2, 0.25) is 0 Å². The van der Waals surface area contributed by atoms with Gasteiger partial charge in [-0.25, -0.2) is 0 Å². The highest BCUT2D eigenvalue weighted by Crippen LogP contribution is 2.39. The van der Waals surface area contributed by atoms with E-state index in [1.807, 2.05) is 9.80 Å². The van der Waals surface area contributed by atoms with Crippen molar-refractivity contribution >= 4 is 11.8 Å². The molecule has 1 aromatic rings. The Labute approximate surface area is 129 Å². The number of carbonyl (C=O) groups is 2. The minimum Gasteiger partial charge on any atom is -0.338 e. The average molecular weight is 300 g/mol. The summed E-state index contributed by atoms with van der Waals surface area (Å²) in [4.78, 5) is 28.3. The summed E-state index contributed by atoms with van der Waals surface area (Å²) in [6, 6.07) is 1.68. The van der Waals surface area contributed by atoms with Gasteiger partial charge in [-0.2, -0.15) is 10.2 Å². The number of nitrogens with zero attached hydrogens (tertiary/aromatic N) is 4. The Morgan fingerprint density at radius 3 is 2.73 bits per heavy atom. The van der Waals surface area contributed by atoms with E-state index >= 15 is 0 Å². The van der Waals surface area contributed by atoms with Gasteiger partial charge in [0.25, 0.3) is 5.91 Å². The van der Waals surface area contributed by atoms with Gasteiger partial charge in [0.2, 0.25) is 5.91 Å². The van der Waals surface area contributed by atoms with Crippen molar-refractivity contribution in [3.05, 3.63) is 36.7 Å². The van der Waals surface area contributed by atoms with Crippen molar-refractivity contribution in [2.24, 2.45) is 0 Å². The van der Waals surface area contributed by atoms with E-state index in [1.165, 1.54) is 12.4 Å². The van der Waals surface area contributed by atoms with Crippen molar-refractivity contribution in [2.45, 2.75) is 31.2 Å². The molecular formula is C16H20N4O2. The second kappa shape index (κ2) is 5.87. The number of piperidine rings is 1. The largest absolute Gasteiger partial charge is 0.338 e. The van der Waals surface area contributed by atoms with Crippen LogP contribution in [-0.2, 0) is 4.79 Å². The summed E-state index contributed by atoms with van der Waals surface area (Å²) in [5, 5.41) is 7.45. The number of rotatable bonds is 3. The summed E-state index contributed by atoms with van der Waals surface area (Å²) in [7, 11) is 0. The fourth-order valence-electron chi connectivity index (χ4n) is 3.54. The molecule has 116 valence electrons. The molecule has 0 atom stereocenters. The lowest BCUT2D eigenvalue weighted by atomic mass is 9.84. The lowest BCUT2D eigenvalue weighted by Crippen LogP contribution is -2.54. The van der Waals surface area contributed by atoms with E-state index < -0.39 is 0 Å². The van der Waals surface area contributed by atoms with Crippen LogP contribution in [0.15, 0.2) is 31.1 Å². The van der Waals surface area contributed by atoms with E-state index in [4.69, 9.17) is 0 Å². The molecule has 0 radical (unpaired) electrons. The molecule has 2 aliphatic rings. The van der Waals surface area contributed by atoms with Crippen molar-refractivity contribution in [3.8, 4) is 0 Å². The van der Waals surface area contributed by atoms with Gasteiger partial charge in [0, 0.05) is 31.6 Å². The molecule has 2 saturated heterocycles. The molecule has 3 rings (SSSR count). The smallest absolute Gasteiger partial charge is 0.255 e. The van der Waals surface area contributed by atoms with Gasteiger partial charge in [-0.3, -0.25) is 9.59 Å². The maximum absolute atomic E-state index is 12.4. The number of hydrogen-bond acceptors (Lipinski definition) is 4. The van der Waals surface area contributed by atoms with Crippen LogP contribution in [0.3, 0.4) is 0 Å². The van der Waals surface area contributed by atoms with Crippen molar-refractivity contribution in [1.29, 1.82) is 0 Å². The standard InChI is InChI=1S/C16H20N4O2/c1-2-9-20-14(21)3-5-16(20)6-10-19(11-7-16)15(22)13-4-8-17-18-12-13/h2,4,8,12H,1,3,5-7,9-11H2. The highest BCUT2D eigenvalue weighted by molar-refractivity contribution is 5.93. The highest BCUT2D eigenvalue weighted by Gasteiger charge is 2.46. The Morgan fingerprint density at radius 2 is 2.09 bits per heavy atom. The Hall–Kier alpha value is -2.24. The molecule has 2 amide bonds. The fourth-order valence-corrected chi connectivity index (χ4v) is 3.54.